The number of aromatic nitrogens is 4. The first kappa shape index (κ1) is 17.2. The summed E-state index contributed by atoms with van der Waals surface area (Å²) in [5.74, 6) is -3.53. The van der Waals surface area contributed by atoms with E-state index >= 15 is 0 Å². The molecular formula is C15H17F2N5O3. The first-order chi connectivity index (χ1) is 11.9. The molecule has 8 nitrogen and oxygen atoms in total. The van der Waals surface area contributed by atoms with Gasteiger partial charge in [-0.15, -0.1) is 0 Å². The van der Waals surface area contributed by atoms with Crippen molar-refractivity contribution in [3.05, 3.63) is 35.4 Å². The number of carbonyl (C=O) groups is 1. The van der Waals surface area contributed by atoms with Crippen molar-refractivity contribution in [1.29, 1.82) is 0 Å². The fourth-order valence-corrected chi connectivity index (χ4v) is 2.65. The van der Waals surface area contributed by atoms with Crippen molar-refractivity contribution in [2.45, 2.75) is 25.5 Å². The van der Waals surface area contributed by atoms with Crippen LogP contribution in [0.25, 0.3) is 0 Å². The first-order valence-corrected chi connectivity index (χ1v) is 7.60. The van der Waals surface area contributed by atoms with Crippen LogP contribution in [0.5, 0.6) is 0 Å². The topological polar surface area (TPSA) is 93.4 Å². The van der Waals surface area contributed by atoms with Gasteiger partial charge >= 0.3 is 5.97 Å². The van der Waals surface area contributed by atoms with E-state index in [1.54, 1.807) is 0 Å². The van der Waals surface area contributed by atoms with Crippen molar-refractivity contribution < 1.29 is 23.4 Å². The maximum absolute atomic E-state index is 13.2. The Balaban J connectivity index is 1.71. The minimum atomic E-state index is -2.71. The largest absolute Gasteiger partial charge is 0.478 e. The van der Waals surface area contributed by atoms with Crippen molar-refractivity contribution >= 4 is 11.9 Å². The second-order valence-corrected chi connectivity index (χ2v) is 5.84. The summed E-state index contributed by atoms with van der Waals surface area (Å²) >= 11 is 0. The fraction of sp³-hybridized carbons (Fsp3) is 0.467. The Kier molecular flexibility index (Phi) is 4.62. The van der Waals surface area contributed by atoms with E-state index in [9.17, 15) is 18.7 Å². The summed E-state index contributed by atoms with van der Waals surface area (Å²) in [6.07, 6.45) is 4.26. The zero-order valence-corrected chi connectivity index (χ0v) is 13.5. The van der Waals surface area contributed by atoms with Crippen molar-refractivity contribution in [3.8, 4) is 0 Å². The van der Waals surface area contributed by atoms with Gasteiger partial charge in [0.1, 0.15) is 11.3 Å². The number of carboxylic acids is 1. The van der Waals surface area contributed by atoms with Crippen LogP contribution in [0.3, 0.4) is 0 Å². The minimum Gasteiger partial charge on any atom is -0.478 e. The normalized spacial score (nSPS) is 16.4. The SMILES string of the molecule is COCc1nn(Cc2cnc(N3CCC(F)(F)C3)nc2)cc1C(=O)O. The van der Waals surface area contributed by atoms with E-state index in [2.05, 4.69) is 15.1 Å². The Morgan fingerprint density at radius 1 is 1.40 bits per heavy atom. The van der Waals surface area contributed by atoms with E-state index < -0.39 is 11.9 Å². The molecule has 134 valence electrons. The zero-order valence-electron chi connectivity index (χ0n) is 13.5. The number of hydrogen-bond donors (Lipinski definition) is 1. The highest BCUT2D eigenvalue weighted by Gasteiger charge is 2.39. The van der Waals surface area contributed by atoms with E-state index in [-0.39, 0.29) is 44.2 Å². The molecule has 3 rings (SSSR count). The molecule has 1 aliphatic heterocycles. The number of ether oxygens (including phenoxy) is 1. The summed E-state index contributed by atoms with van der Waals surface area (Å²) < 4.78 is 32.9. The lowest BCUT2D eigenvalue weighted by Gasteiger charge is -2.15. The van der Waals surface area contributed by atoms with Gasteiger partial charge in [0.15, 0.2) is 0 Å². The Hall–Kier alpha value is -2.62. The molecule has 0 aromatic carbocycles. The van der Waals surface area contributed by atoms with E-state index in [0.29, 0.717) is 11.3 Å². The third-order valence-corrected chi connectivity index (χ3v) is 3.84. The first-order valence-electron chi connectivity index (χ1n) is 7.60. The van der Waals surface area contributed by atoms with Crippen molar-refractivity contribution in [1.82, 2.24) is 19.7 Å². The van der Waals surface area contributed by atoms with E-state index in [0.717, 1.165) is 0 Å². The van der Waals surface area contributed by atoms with Crippen LogP contribution in [0.4, 0.5) is 14.7 Å². The second-order valence-electron chi connectivity index (χ2n) is 5.84. The van der Waals surface area contributed by atoms with Crippen molar-refractivity contribution in [2.24, 2.45) is 0 Å². The molecule has 0 spiro atoms. The highest BCUT2D eigenvalue weighted by molar-refractivity contribution is 5.88. The van der Waals surface area contributed by atoms with Gasteiger partial charge < -0.3 is 14.7 Å². The lowest BCUT2D eigenvalue weighted by molar-refractivity contribution is 0.0256. The van der Waals surface area contributed by atoms with Gasteiger partial charge in [-0.1, -0.05) is 0 Å². The predicted octanol–water partition coefficient (Wildman–Crippen LogP) is 1.41. The Labute approximate surface area is 142 Å². The third-order valence-electron chi connectivity index (χ3n) is 3.84. The molecular weight excluding hydrogens is 336 g/mol. The number of carboxylic acid groups (broad SMARTS) is 1. The number of hydrogen-bond acceptors (Lipinski definition) is 6. The second kappa shape index (κ2) is 6.71. The summed E-state index contributed by atoms with van der Waals surface area (Å²) in [6.45, 7) is 0.190. The molecule has 1 saturated heterocycles. The molecule has 25 heavy (non-hydrogen) atoms. The van der Waals surface area contributed by atoms with Crippen LogP contribution in [0.2, 0.25) is 0 Å². The van der Waals surface area contributed by atoms with Gasteiger partial charge in [0, 0.05) is 44.2 Å². The van der Waals surface area contributed by atoms with Gasteiger partial charge in [-0.25, -0.2) is 23.5 Å². The molecule has 3 heterocycles. The summed E-state index contributed by atoms with van der Waals surface area (Å²) in [4.78, 5) is 20.9. The molecule has 1 aliphatic rings. The zero-order chi connectivity index (χ0) is 18.0. The molecule has 0 radical (unpaired) electrons. The maximum Gasteiger partial charge on any atom is 0.339 e. The standard InChI is InChI=1S/C15H17F2N5O3/c1-25-8-12-11(13(23)24)7-22(20-12)6-10-4-18-14(19-5-10)21-3-2-15(16,17)9-21/h4-5,7H,2-3,6,8-9H2,1H3,(H,23,24). The van der Waals surface area contributed by atoms with Gasteiger partial charge in [0.2, 0.25) is 5.95 Å². The number of rotatable bonds is 6. The Morgan fingerprint density at radius 2 is 2.12 bits per heavy atom. The van der Waals surface area contributed by atoms with E-state index in [1.165, 1.54) is 35.3 Å². The van der Waals surface area contributed by atoms with Crippen LogP contribution in [-0.4, -0.2) is 56.9 Å². The van der Waals surface area contributed by atoms with Crippen LogP contribution in [-0.2, 0) is 17.9 Å². The maximum atomic E-state index is 13.2. The monoisotopic (exact) mass is 353 g/mol. The number of aromatic carboxylic acids is 1. The molecule has 0 aliphatic carbocycles. The molecule has 1 fully saturated rings. The van der Waals surface area contributed by atoms with Gasteiger partial charge in [-0.05, 0) is 0 Å². The lowest BCUT2D eigenvalue weighted by Crippen LogP contribution is -2.26. The van der Waals surface area contributed by atoms with Gasteiger partial charge in [-0.3, -0.25) is 4.68 Å². The van der Waals surface area contributed by atoms with E-state index in [4.69, 9.17) is 4.74 Å². The van der Waals surface area contributed by atoms with Crippen molar-refractivity contribution in [2.75, 3.05) is 25.1 Å². The van der Waals surface area contributed by atoms with Crippen LogP contribution in [0.15, 0.2) is 18.6 Å². The average molecular weight is 353 g/mol. The molecule has 1 N–H and O–H groups in total. The predicted molar refractivity (Wildman–Crippen MR) is 82.8 cm³/mol. The van der Waals surface area contributed by atoms with Crippen LogP contribution in [0, 0.1) is 0 Å². The molecule has 2 aromatic heterocycles. The number of halogens is 2. The molecule has 0 amide bonds. The van der Waals surface area contributed by atoms with Crippen LogP contribution >= 0.6 is 0 Å². The quantitative estimate of drug-likeness (QED) is 0.839. The van der Waals surface area contributed by atoms with Crippen LogP contribution in [0.1, 0.15) is 28.0 Å². The highest BCUT2D eigenvalue weighted by Crippen LogP contribution is 2.28. The summed E-state index contributed by atoms with van der Waals surface area (Å²) in [5, 5.41) is 13.4. The van der Waals surface area contributed by atoms with Crippen LogP contribution < -0.4 is 4.90 Å². The summed E-state index contributed by atoms with van der Waals surface area (Å²) in [5.41, 5.74) is 1.07. The third kappa shape index (κ3) is 3.90. The number of nitrogens with zero attached hydrogens (tertiary/aromatic N) is 5. The fourth-order valence-electron chi connectivity index (χ4n) is 2.65. The van der Waals surface area contributed by atoms with E-state index in [1.807, 2.05) is 0 Å². The molecule has 0 atom stereocenters. The molecule has 2 aromatic rings. The highest BCUT2D eigenvalue weighted by atomic mass is 19.3. The minimum absolute atomic E-state index is 0.0682. The molecule has 0 saturated carbocycles. The van der Waals surface area contributed by atoms with Crippen molar-refractivity contribution in [3.63, 3.8) is 0 Å². The van der Waals surface area contributed by atoms with Gasteiger partial charge in [0.25, 0.3) is 5.92 Å². The van der Waals surface area contributed by atoms with Gasteiger partial charge in [-0.2, -0.15) is 5.10 Å². The molecule has 0 unspecified atom stereocenters. The van der Waals surface area contributed by atoms with Gasteiger partial charge in [0.05, 0.1) is 19.7 Å². The number of anilines is 1. The number of alkyl halides is 2. The Bertz CT molecular complexity index is 763. The number of methoxy groups -OCH3 is 1. The summed E-state index contributed by atoms with van der Waals surface area (Å²) in [6, 6.07) is 0. The summed E-state index contributed by atoms with van der Waals surface area (Å²) in [7, 11) is 1.46. The lowest BCUT2D eigenvalue weighted by atomic mass is 10.2. The molecule has 0 bridgehead atoms. The molecule has 10 heteroatoms. The smallest absolute Gasteiger partial charge is 0.339 e. The average Bonchev–Trinajstić information content (AvgIpc) is 3.12. The Morgan fingerprint density at radius 3 is 2.68 bits per heavy atom.